The van der Waals surface area contributed by atoms with Crippen LogP contribution in [-0.2, 0) is 0 Å². The summed E-state index contributed by atoms with van der Waals surface area (Å²) in [5, 5.41) is 8.91. The summed E-state index contributed by atoms with van der Waals surface area (Å²) in [4.78, 5) is 4.54. The number of methoxy groups -OCH3 is 1. The molecule has 99 valence electrons. The van der Waals surface area contributed by atoms with Gasteiger partial charge in [0.25, 0.3) is 0 Å². The van der Waals surface area contributed by atoms with Crippen molar-refractivity contribution in [3.63, 3.8) is 0 Å². The van der Waals surface area contributed by atoms with Crippen molar-refractivity contribution < 1.29 is 9.84 Å². The highest BCUT2D eigenvalue weighted by molar-refractivity contribution is 5.60. The number of aliphatic hydroxyl groups excluding tert-OH is 1. The van der Waals surface area contributed by atoms with Crippen LogP contribution in [0.1, 0.15) is 0 Å². The zero-order valence-corrected chi connectivity index (χ0v) is 10.7. The molecule has 1 aliphatic rings. The fraction of sp³-hybridized carbons (Fsp3) is 0.538. The van der Waals surface area contributed by atoms with Crippen LogP contribution in [0.15, 0.2) is 18.2 Å². The predicted molar refractivity (Wildman–Crippen MR) is 71.5 cm³/mol. The molecule has 1 saturated heterocycles. The lowest BCUT2D eigenvalue weighted by molar-refractivity contribution is 0.189. The number of β-amino-alcohol motifs (C(OH)–C–C–N with tert-alkyl or cyclic N) is 1. The van der Waals surface area contributed by atoms with Crippen molar-refractivity contribution in [1.29, 1.82) is 0 Å². The van der Waals surface area contributed by atoms with Crippen LogP contribution >= 0.6 is 0 Å². The summed E-state index contributed by atoms with van der Waals surface area (Å²) in [7, 11) is 1.59. The third-order valence-electron chi connectivity index (χ3n) is 3.34. The van der Waals surface area contributed by atoms with Crippen molar-refractivity contribution in [1.82, 2.24) is 10.6 Å². The number of ether oxygens (including phenoxy) is 1. The minimum absolute atomic E-state index is 0.224. The molecule has 0 amide bonds. The molecule has 0 bridgehead atoms. The average molecular weight is 250 g/mol. The van der Waals surface area contributed by atoms with E-state index in [4.69, 9.17) is 15.6 Å². The number of nitrogens with zero attached hydrogens (tertiary/aromatic N) is 2. The summed E-state index contributed by atoms with van der Waals surface area (Å²) in [6.07, 6.45) is 0. The third kappa shape index (κ3) is 2.86. The predicted octanol–water partition coefficient (Wildman–Crippen LogP) is 0.724. The van der Waals surface area contributed by atoms with Crippen LogP contribution in [0.2, 0.25) is 0 Å². The Kier molecular flexibility index (Phi) is 4.28. The van der Waals surface area contributed by atoms with Gasteiger partial charge in [0.2, 0.25) is 0 Å². The molecule has 1 radical (unpaired) electrons. The van der Waals surface area contributed by atoms with Crippen LogP contribution in [0.5, 0.6) is 5.75 Å². The minimum atomic E-state index is 0.224. The van der Waals surface area contributed by atoms with Crippen molar-refractivity contribution >= 4 is 11.4 Å². The average Bonchev–Trinajstić information content (AvgIpc) is 2.41. The van der Waals surface area contributed by atoms with Crippen LogP contribution in [-0.4, -0.2) is 56.4 Å². The lowest BCUT2D eigenvalue weighted by Crippen LogP contribution is -2.47. The SMILES string of the molecule is COc1cc(N2CCN(CCO)CC2)ccc1[NH]. The van der Waals surface area contributed by atoms with Crippen molar-refractivity contribution in [2.75, 3.05) is 51.3 Å². The summed E-state index contributed by atoms with van der Waals surface area (Å²) >= 11 is 0. The lowest BCUT2D eigenvalue weighted by atomic mass is 10.2. The van der Waals surface area contributed by atoms with Crippen molar-refractivity contribution in [3.8, 4) is 5.75 Å². The van der Waals surface area contributed by atoms with E-state index in [0.29, 0.717) is 11.4 Å². The van der Waals surface area contributed by atoms with Gasteiger partial charge in [-0.2, -0.15) is 0 Å². The van der Waals surface area contributed by atoms with Gasteiger partial charge in [-0.05, 0) is 12.1 Å². The molecule has 0 unspecified atom stereocenters. The van der Waals surface area contributed by atoms with E-state index in [1.165, 1.54) is 0 Å². The molecule has 0 spiro atoms. The van der Waals surface area contributed by atoms with Gasteiger partial charge in [0.1, 0.15) is 5.75 Å². The normalized spacial score (nSPS) is 16.9. The smallest absolute Gasteiger partial charge is 0.145 e. The van der Waals surface area contributed by atoms with Crippen LogP contribution in [0.3, 0.4) is 0 Å². The Morgan fingerprint density at radius 3 is 2.61 bits per heavy atom. The van der Waals surface area contributed by atoms with E-state index in [0.717, 1.165) is 38.4 Å². The molecule has 18 heavy (non-hydrogen) atoms. The molecule has 5 heteroatoms. The summed E-state index contributed by atoms with van der Waals surface area (Å²) in [6, 6.07) is 5.66. The molecule has 2 N–H and O–H groups in total. The largest absolute Gasteiger partial charge is 0.494 e. The lowest BCUT2D eigenvalue weighted by Gasteiger charge is -2.35. The van der Waals surface area contributed by atoms with Crippen molar-refractivity contribution in [2.45, 2.75) is 0 Å². The first-order chi connectivity index (χ1) is 8.74. The quantitative estimate of drug-likeness (QED) is 0.855. The van der Waals surface area contributed by atoms with Gasteiger partial charge in [-0.1, -0.05) is 0 Å². The van der Waals surface area contributed by atoms with E-state index >= 15 is 0 Å². The van der Waals surface area contributed by atoms with Gasteiger partial charge in [0.15, 0.2) is 0 Å². The molecular weight excluding hydrogens is 230 g/mol. The van der Waals surface area contributed by atoms with Gasteiger partial charge >= 0.3 is 0 Å². The number of anilines is 1. The number of hydrogen-bond acceptors (Lipinski definition) is 4. The third-order valence-corrected chi connectivity index (χ3v) is 3.34. The van der Waals surface area contributed by atoms with Gasteiger partial charge in [0, 0.05) is 44.5 Å². The number of rotatable bonds is 4. The van der Waals surface area contributed by atoms with Crippen LogP contribution in [0.25, 0.3) is 0 Å². The second kappa shape index (κ2) is 5.93. The Balaban J connectivity index is 2.01. The molecule has 2 rings (SSSR count). The molecule has 1 aromatic rings. The van der Waals surface area contributed by atoms with Crippen molar-refractivity contribution in [3.05, 3.63) is 18.2 Å². The summed E-state index contributed by atoms with van der Waals surface area (Å²) < 4.78 is 5.18. The fourth-order valence-corrected chi connectivity index (χ4v) is 2.25. The standard InChI is InChI=1S/C13H20N3O2/c1-18-13-10-11(2-3-12(13)14)16-6-4-15(5-7-16)8-9-17/h2-3,10,14,17H,4-9H2,1H3. The molecule has 0 aliphatic carbocycles. The van der Waals surface area contributed by atoms with E-state index in [1.807, 2.05) is 12.1 Å². The second-order valence-corrected chi connectivity index (χ2v) is 4.44. The second-order valence-electron chi connectivity index (χ2n) is 4.44. The maximum Gasteiger partial charge on any atom is 0.145 e. The Morgan fingerprint density at radius 1 is 1.28 bits per heavy atom. The Bertz CT molecular complexity index is 390. The highest BCUT2D eigenvalue weighted by Crippen LogP contribution is 2.28. The maximum atomic E-state index is 8.91. The Labute approximate surface area is 108 Å². The summed E-state index contributed by atoms with van der Waals surface area (Å²) in [5.74, 6) is 0.616. The molecule has 0 aromatic heterocycles. The summed E-state index contributed by atoms with van der Waals surface area (Å²) in [5.41, 5.74) is 9.21. The minimum Gasteiger partial charge on any atom is -0.494 e. The van der Waals surface area contributed by atoms with E-state index in [1.54, 1.807) is 13.2 Å². The van der Waals surface area contributed by atoms with E-state index in [-0.39, 0.29) is 6.61 Å². The van der Waals surface area contributed by atoms with Gasteiger partial charge in [-0.15, -0.1) is 0 Å². The Morgan fingerprint density at radius 2 is 2.00 bits per heavy atom. The highest BCUT2D eigenvalue weighted by atomic mass is 16.5. The van der Waals surface area contributed by atoms with E-state index in [2.05, 4.69) is 9.80 Å². The highest BCUT2D eigenvalue weighted by Gasteiger charge is 2.17. The van der Waals surface area contributed by atoms with Crippen LogP contribution in [0.4, 0.5) is 11.4 Å². The van der Waals surface area contributed by atoms with E-state index in [9.17, 15) is 0 Å². The number of nitrogens with one attached hydrogen (secondary N) is 1. The monoisotopic (exact) mass is 250 g/mol. The molecule has 1 aromatic carbocycles. The number of piperazine rings is 1. The van der Waals surface area contributed by atoms with E-state index < -0.39 is 0 Å². The first kappa shape index (κ1) is 13.0. The van der Waals surface area contributed by atoms with Gasteiger partial charge < -0.3 is 14.7 Å². The molecular formula is C13H20N3O2. The number of benzene rings is 1. The molecule has 0 atom stereocenters. The van der Waals surface area contributed by atoms with Crippen LogP contribution in [0, 0.1) is 0 Å². The first-order valence-electron chi connectivity index (χ1n) is 6.22. The molecule has 1 heterocycles. The maximum absolute atomic E-state index is 8.91. The number of aliphatic hydroxyl groups is 1. The van der Waals surface area contributed by atoms with Gasteiger partial charge in [-0.3, -0.25) is 10.6 Å². The molecule has 1 fully saturated rings. The molecule has 0 saturated carbocycles. The molecule has 1 aliphatic heterocycles. The Hall–Kier alpha value is -1.46. The summed E-state index contributed by atoms with van der Waals surface area (Å²) in [6.45, 7) is 4.79. The van der Waals surface area contributed by atoms with Crippen LogP contribution < -0.4 is 15.4 Å². The zero-order chi connectivity index (χ0) is 13.0. The van der Waals surface area contributed by atoms with Gasteiger partial charge in [-0.25, -0.2) is 0 Å². The van der Waals surface area contributed by atoms with Gasteiger partial charge in [0.05, 0.1) is 19.4 Å². The van der Waals surface area contributed by atoms with Crippen molar-refractivity contribution in [2.24, 2.45) is 0 Å². The first-order valence-corrected chi connectivity index (χ1v) is 6.22. The topological polar surface area (TPSA) is 59.7 Å². The zero-order valence-electron chi connectivity index (χ0n) is 10.7. The molecule has 5 nitrogen and oxygen atoms in total. The number of hydrogen-bond donors (Lipinski definition) is 1. The fourth-order valence-electron chi connectivity index (χ4n) is 2.25.